The second-order valence-electron chi connectivity index (χ2n) is 6.62. The molecule has 2 atom stereocenters. The first-order valence-electron chi connectivity index (χ1n) is 8.07. The molecule has 0 bridgehead atoms. The predicted octanol–water partition coefficient (Wildman–Crippen LogP) is 2.51. The number of aromatic amines is 1. The highest BCUT2D eigenvalue weighted by atomic mass is 16.2. The molecule has 5 heteroatoms. The zero-order chi connectivity index (χ0) is 16.7. The van der Waals surface area contributed by atoms with Gasteiger partial charge in [0.1, 0.15) is 0 Å². The molecule has 1 fully saturated rings. The van der Waals surface area contributed by atoms with Gasteiger partial charge in [-0.3, -0.25) is 9.59 Å². The van der Waals surface area contributed by atoms with Crippen LogP contribution in [-0.2, 0) is 4.79 Å². The SMILES string of the molecule is Cc1[nH]c2ccc(C(=O)N3C[C@@H](C(N)=O)CC[C@@H]3C)cc2c1C. The molecule has 0 unspecified atom stereocenters. The standard InChI is InChI=1S/C18H23N3O2/c1-10-4-5-14(17(19)22)9-21(10)18(23)13-6-7-16-15(8-13)11(2)12(3)20-16/h6-8,10,14,20H,4-5,9H2,1-3H3,(H2,19,22)/t10-,14-/m0/s1. The van der Waals surface area contributed by atoms with E-state index in [-0.39, 0.29) is 23.8 Å². The fraction of sp³-hybridized carbons (Fsp3) is 0.444. The number of aromatic nitrogens is 1. The van der Waals surface area contributed by atoms with E-state index >= 15 is 0 Å². The van der Waals surface area contributed by atoms with Gasteiger partial charge in [-0.25, -0.2) is 0 Å². The van der Waals surface area contributed by atoms with Gasteiger partial charge in [0.05, 0.1) is 5.92 Å². The van der Waals surface area contributed by atoms with Gasteiger partial charge in [-0.15, -0.1) is 0 Å². The third-order valence-corrected chi connectivity index (χ3v) is 5.10. The molecule has 0 saturated carbocycles. The molecule has 1 aromatic heterocycles. The van der Waals surface area contributed by atoms with E-state index in [0.29, 0.717) is 12.1 Å². The molecule has 1 aliphatic rings. The highest BCUT2D eigenvalue weighted by Crippen LogP contribution is 2.26. The Morgan fingerprint density at radius 1 is 1.26 bits per heavy atom. The zero-order valence-electron chi connectivity index (χ0n) is 13.8. The number of H-pyrrole nitrogens is 1. The number of nitrogens with two attached hydrogens (primary N) is 1. The molecule has 1 saturated heterocycles. The topological polar surface area (TPSA) is 79.2 Å². The number of hydrogen-bond acceptors (Lipinski definition) is 2. The van der Waals surface area contributed by atoms with Gasteiger partial charge in [-0.2, -0.15) is 0 Å². The highest BCUT2D eigenvalue weighted by Gasteiger charge is 2.32. The van der Waals surface area contributed by atoms with Crippen molar-refractivity contribution in [3.05, 3.63) is 35.0 Å². The van der Waals surface area contributed by atoms with Crippen LogP contribution in [0.2, 0.25) is 0 Å². The molecule has 1 aromatic carbocycles. The van der Waals surface area contributed by atoms with Gasteiger partial charge in [-0.05, 0) is 57.4 Å². The molecule has 0 aliphatic carbocycles. The quantitative estimate of drug-likeness (QED) is 0.893. The van der Waals surface area contributed by atoms with E-state index in [2.05, 4.69) is 11.9 Å². The molecule has 3 rings (SSSR count). The van der Waals surface area contributed by atoms with E-state index in [1.807, 2.05) is 32.0 Å². The number of carbonyl (C=O) groups is 2. The van der Waals surface area contributed by atoms with E-state index in [1.54, 1.807) is 4.90 Å². The van der Waals surface area contributed by atoms with Crippen LogP contribution in [0.25, 0.3) is 10.9 Å². The lowest BCUT2D eigenvalue weighted by molar-refractivity contribution is -0.123. The smallest absolute Gasteiger partial charge is 0.254 e. The Balaban J connectivity index is 1.92. The second-order valence-corrected chi connectivity index (χ2v) is 6.62. The average molecular weight is 313 g/mol. The zero-order valence-corrected chi connectivity index (χ0v) is 13.8. The first-order chi connectivity index (χ1) is 10.9. The Hall–Kier alpha value is -2.30. The molecule has 0 spiro atoms. The maximum absolute atomic E-state index is 12.9. The summed E-state index contributed by atoms with van der Waals surface area (Å²) in [6.07, 6.45) is 1.57. The maximum Gasteiger partial charge on any atom is 0.254 e. The Bertz CT molecular complexity index is 778. The van der Waals surface area contributed by atoms with E-state index in [0.717, 1.165) is 35.0 Å². The van der Waals surface area contributed by atoms with Gasteiger partial charge in [0.25, 0.3) is 5.91 Å². The van der Waals surface area contributed by atoms with Gasteiger partial charge in [0, 0.05) is 34.7 Å². The first-order valence-corrected chi connectivity index (χ1v) is 8.07. The number of likely N-dealkylation sites (tertiary alicyclic amines) is 1. The second kappa shape index (κ2) is 5.72. The minimum atomic E-state index is -0.317. The van der Waals surface area contributed by atoms with Crippen molar-refractivity contribution in [1.29, 1.82) is 0 Å². The number of piperidine rings is 1. The van der Waals surface area contributed by atoms with Crippen LogP contribution < -0.4 is 5.73 Å². The molecule has 2 heterocycles. The third kappa shape index (κ3) is 2.71. The lowest BCUT2D eigenvalue weighted by Gasteiger charge is -2.37. The number of nitrogens with one attached hydrogen (secondary N) is 1. The molecular formula is C18H23N3O2. The number of fused-ring (bicyclic) bond motifs is 1. The third-order valence-electron chi connectivity index (χ3n) is 5.10. The summed E-state index contributed by atoms with van der Waals surface area (Å²) in [4.78, 5) is 29.5. The van der Waals surface area contributed by atoms with Gasteiger partial charge >= 0.3 is 0 Å². The van der Waals surface area contributed by atoms with Crippen molar-refractivity contribution >= 4 is 22.7 Å². The van der Waals surface area contributed by atoms with E-state index in [4.69, 9.17) is 5.73 Å². The number of carbonyl (C=O) groups excluding carboxylic acids is 2. The summed E-state index contributed by atoms with van der Waals surface area (Å²) in [5.74, 6) is -0.582. The number of benzene rings is 1. The largest absolute Gasteiger partial charge is 0.369 e. The van der Waals surface area contributed by atoms with Crippen LogP contribution in [0.5, 0.6) is 0 Å². The Morgan fingerprint density at radius 2 is 2.00 bits per heavy atom. The van der Waals surface area contributed by atoms with Gasteiger partial charge in [-0.1, -0.05) is 0 Å². The molecule has 23 heavy (non-hydrogen) atoms. The van der Waals surface area contributed by atoms with Gasteiger partial charge < -0.3 is 15.6 Å². The summed E-state index contributed by atoms with van der Waals surface area (Å²) in [5.41, 5.74) is 9.41. The molecule has 3 N–H and O–H groups in total. The first kappa shape index (κ1) is 15.6. The predicted molar refractivity (Wildman–Crippen MR) is 90.2 cm³/mol. The summed E-state index contributed by atoms with van der Waals surface area (Å²) in [6, 6.07) is 5.86. The van der Waals surface area contributed by atoms with E-state index in [1.165, 1.54) is 0 Å². The summed E-state index contributed by atoms with van der Waals surface area (Å²) < 4.78 is 0. The van der Waals surface area contributed by atoms with Crippen LogP contribution in [0.4, 0.5) is 0 Å². The molecule has 2 aromatic rings. The number of nitrogens with zero attached hydrogens (tertiary/aromatic N) is 1. The van der Waals surface area contributed by atoms with Crippen molar-refractivity contribution in [2.24, 2.45) is 11.7 Å². The highest BCUT2D eigenvalue weighted by molar-refractivity contribution is 5.99. The summed E-state index contributed by atoms with van der Waals surface area (Å²) in [7, 11) is 0. The van der Waals surface area contributed by atoms with Crippen LogP contribution in [0, 0.1) is 19.8 Å². The number of rotatable bonds is 2. The Labute approximate surface area is 135 Å². The fourth-order valence-corrected chi connectivity index (χ4v) is 3.38. The summed E-state index contributed by atoms with van der Waals surface area (Å²) >= 11 is 0. The molecule has 122 valence electrons. The number of aryl methyl sites for hydroxylation is 2. The van der Waals surface area contributed by atoms with Crippen molar-refractivity contribution in [2.45, 2.75) is 39.7 Å². The Morgan fingerprint density at radius 3 is 2.70 bits per heavy atom. The van der Waals surface area contributed by atoms with Crippen LogP contribution >= 0.6 is 0 Å². The van der Waals surface area contributed by atoms with Crippen molar-refractivity contribution in [2.75, 3.05) is 6.54 Å². The molecular weight excluding hydrogens is 290 g/mol. The minimum Gasteiger partial charge on any atom is -0.369 e. The number of hydrogen-bond donors (Lipinski definition) is 2. The molecule has 5 nitrogen and oxygen atoms in total. The normalized spacial score (nSPS) is 21.6. The van der Waals surface area contributed by atoms with Crippen LogP contribution in [0.15, 0.2) is 18.2 Å². The molecule has 1 aliphatic heterocycles. The van der Waals surface area contributed by atoms with Crippen molar-refractivity contribution in [3.8, 4) is 0 Å². The van der Waals surface area contributed by atoms with Crippen LogP contribution in [0.3, 0.4) is 0 Å². The fourth-order valence-electron chi connectivity index (χ4n) is 3.38. The lowest BCUT2D eigenvalue weighted by Crippen LogP contribution is -2.48. The summed E-state index contributed by atoms with van der Waals surface area (Å²) in [6.45, 7) is 6.52. The van der Waals surface area contributed by atoms with E-state index < -0.39 is 0 Å². The monoisotopic (exact) mass is 313 g/mol. The average Bonchev–Trinajstić information content (AvgIpc) is 2.81. The van der Waals surface area contributed by atoms with Crippen LogP contribution in [0.1, 0.15) is 41.4 Å². The molecule has 2 amide bonds. The minimum absolute atomic E-state index is 0.0244. The summed E-state index contributed by atoms with van der Waals surface area (Å²) in [5, 5.41) is 1.07. The number of primary amides is 1. The van der Waals surface area contributed by atoms with Crippen molar-refractivity contribution in [1.82, 2.24) is 9.88 Å². The van der Waals surface area contributed by atoms with Crippen molar-refractivity contribution < 1.29 is 9.59 Å². The number of amides is 2. The van der Waals surface area contributed by atoms with E-state index in [9.17, 15) is 9.59 Å². The van der Waals surface area contributed by atoms with Gasteiger partial charge in [0.2, 0.25) is 5.91 Å². The van der Waals surface area contributed by atoms with Crippen LogP contribution in [-0.4, -0.2) is 34.3 Å². The lowest BCUT2D eigenvalue weighted by atomic mass is 9.92. The van der Waals surface area contributed by atoms with Crippen molar-refractivity contribution in [3.63, 3.8) is 0 Å². The van der Waals surface area contributed by atoms with Gasteiger partial charge in [0.15, 0.2) is 0 Å². The maximum atomic E-state index is 12.9. The Kier molecular flexibility index (Phi) is 3.88. The molecule has 0 radical (unpaired) electrons.